The second-order valence-corrected chi connectivity index (χ2v) is 4.62. The number of amides is 1. The average molecular weight is 264 g/mol. The smallest absolute Gasteiger partial charge is 0.303 e. The molecule has 1 rings (SSSR count). The van der Waals surface area contributed by atoms with Crippen LogP contribution in [-0.4, -0.2) is 23.0 Å². The fourth-order valence-electron chi connectivity index (χ4n) is 1.70. The molecule has 0 saturated carbocycles. The normalized spacial score (nSPS) is 13.6. The number of anilines is 1. The molecule has 2 unspecified atom stereocenters. The van der Waals surface area contributed by atoms with Gasteiger partial charge in [-0.05, 0) is 30.0 Å². The first-order valence-electron chi connectivity index (χ1n) is 6.32. The second-order valence-electron chi connectivity index (χ2n) is 4.62. The Morgan fingerprint density at radius 1 is 1.32 bits per heavy atom. The van der Waals surface area contributed by atoms with Gasteiger partial charge in [0.15, 0.2) is 0 Å². The Hall–Kier alpha value is -1.88. The standard InChI is InChI=1S/C14H20N2O3/c1-3-12(15)14(19)16-11-6-4-10(5-7-11)9(2)8-13(17)18/h4-7,9,12H,3,8,15H2,1-2H3,(H,16,19)(H,17,18). The molecule has 1 aromatic rings. The van der Waals surface area contributed by atoms with Gasteiger partial charge in [0.05, 0.1) is 12.5 Å². The Labute approximate surface area is 112 Å². The summed E-state index contributed by atoms with van der Waals surface area (Å²) >= 11 is 0. The fraction of sp³-hybridized carbons (Fsp3) is 0.429. The zero-order valence-electron chi connectivity index (χ0n) is 11.2. The van der Waals surface area contributed by atoms with Crippen molar-refractivity contribution >= 4 is 17.6 Å². The molecule has 1 aromatic carbocycles. The quantitative estimate of drug-likeness (QED) is 0.732. The van der Waals surface area contributed by atoms with Crippen molar-refractivity contribution in [2.75, 3.05) is 5.32 Å². The number of carboxylic acid groups (broad SMARTS) is 1. The Kier molecular flexibility index (Phi) is 5.51. The maximum absolute atomic E-state index is 11.6. The maximum Gasteiger partial charge on any atom is 0.303 e. The second kappa shape index (κ2) is 6.89. The van der Waals surface area contributed by atoms with Crippen LogP contribution in [0, 0.1) is 0 Å². The van der Waals surface area contributed by atoms with E-state index in [0.29, 0.717) is 12.1 Å². The van der Waals surface area contributed by atoms with Gasteiger partial charge in [0.1, 0.15) is 0 Å². The van der Waals surface area contributed by atoms with Crippen LogP contribution in [0.1, 0.15) is 38.2 Å². The number of hydrogen-bond donors (Lipinski definition) is 3. The lowest BCUT2D eigenvalue weighted by molar-refractivity contribution is -0.137. The van der Waals surface area contributed by atoms with Gasteiger partial charge in [0.2, 0.25) is 5.91 Å². The largest absolute Gasteiger partial charge is 0.481 e. The highest BCUT2D eigenvalue weighted by Gasteiger charge is 2.12. The van der Waals surface area contributed by atoms with E-state index in [1.165, 1.54) is 0 Å². The summed E-state index contributed by atoms with van der Waals surface area (Å²) in [5.41, 5.74) is 7.22. The van der Waals surface area contributed by atoms with E-state index in [1.54, 1.807) is 12.1 Å². The Bertz CT molecular complexity index is 443. The van der Waals surface area contributed by atoms with Crippen molar-refractivity contribution in [3.8, 4) is 0 Å². The first kappa shape index (κ1) is 15.2. The summed E-state index contributed by atoms with van der Waals surface area (Å²) in [4.78, 5) is 22.2. The molecule has 4 N–H and O–H groups in total. The number of benzene rings is 1. The van der Waals surface area contributed by atoms with Crippen LogP contribution in [0.4, 0.5) is 5.69 Å². The molecule has 0 bridgehead atoms. The lowest BCUT2D eigenvalue weighted by Gasteiger charge is -2.12. The summed E-state index contributed by atoms with van der Waals surface area (Å²) in [6.45, 7) is 3.70. The first-order chi connectivity index (χ1) is 8.93. The molecule has 0 saturated heterocycles. The van der Waals surface area contributed by atoms with Gasteiger partial charge in [0.25, 0.3) is 0 Å². The van der Waals surface area contributed by atoms with Crippen molar-refractivity contribution in [3.63, 3.8) is 0 Å². The molecule has 19 heavy (non-hydrogen) atoms. The van der Waals surface area contributed by atoms with Crippen molar-refractivity contribution in [3.05, 3.63) is 29.8 Å². The van der Waals surface area contributed by atoms with Gasteiger partial charge in [-0.2, -0.15) is 0 Å². The van der Waals surface area contributed by atoms with Gasteiger partial charge in [-0.15, -0.1) is 0 Å². The third-order valence-corrected chi connectivity index (χ3v) is 3.00. The van der Waals surface area contributed by atoms with Crippen LogP contribution in [-0.2, 0) is 9.59 Å². The summed E-state index contributed by atoms with van der Waals surface area (Å²) < 4.78 is 0. The third kappa shape index (κ3) is 4.71. The first-order valence-corrected chi connectivity index (χ1v) is 6.32. The molecule has 0 aliphatic carbocycles. The molecule has 0 fully saturated rings. The van der Waals surface area contributed by atoms with E-state index in [9.17, 15) is 9.59 Å². The van der Waals surface area contributed by atoms with E-state index in [1.807, 2.05) is 26.0 Å². The van der Waals surface area contributed by atoms with Gasteiger partial charge in [-0.1, -0.05) is 26.0 Å². The van der Waals surface area contributed by atoms with Crippen LogP contribution in [0.5, 0.6) is 0 Å². The zero-order chi connectivity index (χ0) is 14.4. The van der Waals surface area contributed by atoms with Crippen molar-refractivity contribution < 1.29 is 14.7 Å². The van der Waals surface area contributed by atoms with Gasteiger partial charge < -0.3 is 16.2 Å². The van der Waals surface area contributed by atoms with Crippen LogP contribution >= 0.6 is 0 Å². The number of aliphatic carboxylic acids is 1. The molecule has 0 spiro atoms. The Morgan fingerprint density at radius 2 is 1.89 bits per heavy atom. The summed E-state index contributed by atoms with van der Waals surface area (Å²) in [5.74, 6) is -1.09. The van der Waals surface area contributed by atoms with Crippen molar-refractivity contribution in [1.29, 1.82) is 0 Å². The SMILES string of the molecule is CCC(N)C(=O)Nc1ccc(C(C)CC(=O)O)cc1. The van der Waals surface area contributed by atoms with Crippen LogP contribution < -0.4 is 11.1 Å². The maximum atomic E-state index is 11.6. The number of carbonyl (C=O) groups is 2. The van der Waals surface area contributed by atoms with Crippen LogP contribution in [0.2, 0.25) is 0 Å². The predicted octanol–water partition coefficient (Wildman–Crippen LogP) is 1.94. The van der Waals surface area contributed by atoms with Crippen molar-refractivity contribution in [1.82, 2.24) is 0 Å². The van der Waals surface area contributed by atoms with Gasteiger partial charge in [-0.25, -0.2) is 0 Å². The van der Waals surface area contributed by atoms with Gasteiger partial charge in [0, 0.05) is 5.69 Å². The van der Waals surface area contributed by atoms with E-state index in [4.69, 9.17) is 10.8 Å². The molecule has 5 nitrogen and oxygen atoms in total. The predicted molar refractivity (Wildman–Crippen MR) is 74.0 cm³/mol. The number of hydrogen-bond acceptors (Lipinski definition) is 3. The topological polar surface area (TPSA) is 92.4 Å². The van der Waals surface area contributed by atoms with E-state index in [2.05, 4.69) is 5.32 Å². The zero-order valence-corrected chi connectivity index (χ0v) is 11.2. The minimum absolute atomic E-state index is 0.0554. The lowest BCUT2D eigenvalue weighted by atomic mass is 9.98. The van der Waals surface area contributed by atoms with Gasteiger partial charge >= 0.3 is 5.97 Å². The molecule has 0 radical (unpaired) electrons. The minimum Gasteiger partial charge on any atom is -0.481 e. The highest BCUT2D eigenvalue weighted by atomic mass is 16.4. The van der Waals surface area contributed by atoms with Crippen molar-refractivity contribution in [2.45, 2.75) is 38.6 Å². The molecule has 1 amide bonds. The number of nitrogens with two attached hydrogens (primary N) is 1. The molecule has 5 heteroatoms. The van der Waals surface area contributed by atoms with Crippen LogP contribution in [0.3, 0.4) is 0 Å². The summed E-state index contributed by atoms with van der Waals surface area (Å²) in [6.07, 6.45) is 0.673. The molecular formula is C14H20N2O3. The molecule has 0 aliphatic heterocycles. The van der Waals surface area contributed by atoms with Gasteiger partial charge in [-0.3, -0.25) is 9.59 Å². The number of nitrogens with one attached hydrogen (secondary N) is 1. The van der Waals surface area contributed by atoms with Crippen molar-refractivity contribution in [2.24, 2.45) is 5.73 Å². The Morgan fingerprint density at radius 3 is 2.37 bits per heavy atom. The van der Waals surface area contributed by atoms with Crippen LogP contribution in [0.25, 0.3) is 0 Å². The molecule has 2 atom stereocenters. The lowest BCUT2D eigenvalue weighted by Crippen LogP contribution is -2.34. The summed E-state index contributed by atoms with van der Waals surface area (Å²) in [5, 5.41) is 11.5. The summed E-state index contributed by atoms with van der Waals surface area (Å²) in [6, 6.07) is 6.65. The monoisotopic (exact) mass is 264 g/mol. The number of carboxylic acids is 1. The number of carbonyl (C=O) groups excluding carboxylic acids is 1. The fourth-order valence-corrected chi connectivity index (χ4v) is 1.70. The van der Waals surface area contributed by atoms with E-state index >= 15 is 0 Å². The van der Waals surface area contributed by atoms with E-state index < -0.39 is 12.0 Å². The summed E-state index contributed by atoms with van der Waals surface area (Å²) in [7, 11) is 0. The minimum atomic E-state index is -0.821. The van der Waals surface area contributed by atoms with Crippen LogP contribution in [0.15, 0.2) is 24.3 Å². The molecule has 0 heterocycles. The van der Waals surface area contributed by atoms with E-state index in [-0.39, 0.29) is 18.2 Å². The Balaban J connectivity index is 2.66. The third-order valence-electron chi connectivity index (χ3n) is 3.00. The molecular weight excluding hydrogens is 244 g/mol. The number of rotatable bonds is 6. The highest BCUT2D eigenvalue weighted by Crippen LogP contribution is 2.21. The van der Waals surface area contributed by atoms with E-state index in [0.717, 1.165) is 5.56 Å². The molecule has 0 aliphatic rings. The highest BCUT2D eigenvalue weighted by molar-refractivity contribution is 5.94. The molecule has 0 aromatic heterocycles. The molecule has 104 valence electrons. The average Bonchev–Trinajstić information content (AvgIpc) is 2.37.